The van der Waals surface area contributed by atoms with Crippen LogP contribution in [0.25, 0.3) is 10.9 Å². The Morgan fingerprint density at radius 1 is 1.10 bits per heavy atom. The molecule has 162 valence electrons. The monoisotopic (exact) mass is 422 g/mol. The molecule has 1 aromatic carbocycles. The molecule has 9 nitrogen and oxygen atoms in total. The summed E-state index contributed by atoms with van der Waals surface area (Å²) in [5.41, 5.74) is 2.14. The molecule has 0 N–H and O–H groups in total. The highest BCUT2D eigenvalue weighted by molar-refractivity contribution is 5.93. The van der Waals surface area contributed by atoms with Gasteiger partial charge in [-0.3, -0.25) is 14.2 Å². The van der Waals surface area contributed by atoms with Gasteiger partial charge in [0.05, 0.1) is 23.8 Å². The van der Waals surface area contributed by atoms with E-state index in [0.29, 0.717) is 55.3 Å². The van der Waals surface area contributed by atoms with Gasteiger partial charge < -0.3 is 14.5 Å². The minimum atomic E-state index is -0.0560. The summed E-state index contributed by atoms with van der Waals surface area (Å²) in [4.78, 5) is 34.1. The number of piperazine rings is 1. The van der Waals surface area contributed by atoms with E-state index in [1.807, 2.05) is 36.9 Å². The maximum Gasteiger partial charge on any atom is 0.274 e. The summed E-state index contributed by atoms with van der Waals surface area (Å²) < 4.78 is 8.98. The molecular formula is C22H26N6O3. The summed E-state index contributed by atoms with van der Waals surface area (Å²) >= 11 is 0. The summed E-state index contributed by atoms with van der Waals surface area (Å²) in [5.74, 6) is 0.619. The van der Waals surface area contributed by atoms with Gasteiger partial charge in [0.1, 0.15) is 0 Å². The molecule has 31 heavy (non-hydrogen) atoms. The molecular weight excluding hydrogens is 396 g/mol. The molecule has 5 rings (SSSR count). The Hall–Kier alpha value is -3.36. The van der Waals surface area contributed by atoms with Crippen molar-refractivity contribution in [1.29, 1.82) is 0 Å². The summed E-state index contributed by atoms with van der Waals surface area (Å²) in [6, 6.07) is 7.59. The van der Waals surface area contributed by atoms with E-state index in [4.69, 9.17) is 4.74 Å². The highest BCUT2D eigenvalue weighted by atomic mass is 16.5. The fourth-order valence-corrected chi connectivity index (χ4v) is 4.19. The van der Waals surface area contributed by atoms with E-state index in [2.05, 4.69) is 15.0 Å². The van der Waals surface area contributed by atoms with Gasteiger partial charge >= 0.3 is 0 Å². The van der Waals surface area contributed by atoms with Crippen LogP contribution in [0.5, 0.6) is 5.88 Å². The molecule has 4 heterocycles. The van der Waals surface area contributed by atoms with Crippen molar-refractivity contribution in [3.63, 3.8) is 0 Å². The first-order chi connectivity index (χ1) is 15.0. The molecule has 2 aromatic heterocycles. The number of carbonyl (C=O) groups is 1. The zero-order valence-electron chi connectivity index (χ0n) is 17.8. The Balaban J connectivity index is 1.29. The zero-order valence-corrected chi connectivity index (χ0v) is 17.8. The van der Waals surface area contributed by atoms with E-state index in [0.717, 1.165) is 18.7 Å². The highest BCUT2D eigenvalue weighted by Gasteiger charge is 2.26. The molecule has 0 spiro atoms. The molecule has 1 fully saturated rings. The normalized spacial score (nSPS) is 16.5. The van der Waals surface area contributed by atoms with Gasteiger partial charge in [0.2, 0.25) is 5.88 Å². The molecule has 0 saturated carbocycles. The summed E-state index contributed by atoms with van der Waals surface area (Å²) in [5, 5.41) is 5.04. The second-order valence-electron chi connectivity index (χ2n) is 8.32. The van der Waals surface area contributed by atoms with E-state index >= 15 is 0 Å². The van der Waals surface area contributed by atoms with Crippen molar-refractivity contribution in [3.05, 3.63) is 46.6 Å². The fourth-order valence-electron chi connectivity index (χ4n) is 4.19. The minimum absolute atomic E-state index is 0.0197. The van der Waals surface area contributed by atoms with Gasteiger partial charge in [-0.05, 0) is 32.0 Å². The van der Waals surface area contributed by atoms with Crippen LogP contribution in [0, 0.1) is 0 Å². The lowest BCUT2D eigenvalue weighted by atomic mass is 10.2. The third-order valence-electron chi connectivity index (χ3n) is 5.98. The van der Waals surface area contributed by atoms with E-state index in [-0.39, 0.29) is 17.5 Å². The summed E-state index contributed by atoms with van der Waals surface area (Å²) in [6.45, 7) is 8.05. The van der Waals surface area contributed by atoms with E-state index in [1.165, 1.54) is 0 Å². The number of benzene rings is 1. The molecule has 0 bridgehead atoms. The quantitative estimate of drug-likeness (QED) is 0.641. The molecule has 0 radical (unpaired) electrons. The number of hydrogen-bond donors (Lipinski definition) is 0. The van der Waals surface area contributed by atoms with Crippen molar-refractivity contribution in [3.8, 4) is 5.88 Å². The van der Waals surface area contributed by atoms with Gasteiger partial charge in [-0.1, -0.05) is 0 Å². The Kier molecular flexibility index (Phi) is 4.88. The van der Waals surface area contributed by atoms with E-state index in [9.17, 15) is 9.59 Å². The van der Waals surface area contributed by atoms with Crippen LogP contribution in [0.2, 0.25) is 0 Å². The zero-order chi connectivity index (χ0) is 21.5. The standard InChI is InChI=1S/C22H26N6O3/c1-15(2)27-14-23-18-12-16(4-5-17(18)21(27)29)25-7-9-26(10-8-25)22(30)19-13-20-28(24-19)6-3-11-31-20/h4-5,12-15H,3,6-11H2,1-2H3. The van der Waals surface area contributed by atoms with Crippen molar-refractivity contribution >= 4 is 22.5 Å². The number of ether oxygens (including phenoxy) is 1. The predicted octanol–water partition coefficient (Wildman–Crippen LogP) is 1.92. The number of carbonyl (C=O) groups excluding carboxylic acids is 1. The Morgan fingerprint density at radius 3 is 2.65 bits per heavy atom. The van der Waals surface area contributed by atoms with Crippen molar-refractivity contribution in [2.45, 2.75) is 32.9 Å². The number of nitrogens with zero attached hydrogens (tertiary/aromatic N) is 6. The molecule has 1 saturated heterocycles. The van der Waals surface area contributed by atoms with Crippen LogP contribution >= 0.6 is 0 Å². The van der Waals surface area contributed by atoms with Gasteiger partial charge in [-0.15, -0.1) is 0 Å². The number of aromatic nitrogens is 4. The first-order valence-corrected chi connectivity index (χ1v) is 10.8. The van der Waals surface area contributed by atoms with Crippen LogP contribution in [0.4, 0.5) is 5.69 Å². The predicted molar refractivity (Wildman–Crippen MR) is 117 cm³/mol. The molecule has 0 unspecified atom stereocenters. The molecule has 9 heteroatoms. The topological polar surface area (TPSA) is 85.5 Å². The highest BCUT2D eigenvalue weighted by Crippen LogP contribution is 2.23. The summed E-state index contributed by atoms with van der Waals surface area (Å²) in [7, 11) is 0. The maximum atomic E-state index is 12.9. The van der Waals surface area contributed by atoms with Crippen LogP contribution in [0.3, 0.4) is 0 Å². The molecule has 3 aromatic rings. The molecule has 0 aliphatic carbocycles. The lowest BCUT2D eigenvalue weighted by Crippen LogP contribution is -2.49. The number of aryl methyl sites for hydroxylation is 1. The van der Waals surface area contributed by atoms with Crippen molar-refractivity contribution in [2.75, 3.05) is 37.7 Å². The number of fused-ring (bicyclic) bond motifs is 2. The number of anilines is 1. The van der Waals surface area contributed by atoms with Gasteiger partial charge in [0.15, 0.2) is 5.69 Å². The third-order valence-corrected chi connectivity index (χ3v) is 5.98. The Bertz CT molecular complexity index is 1170. The SMILES string of the molecule is CC(C)n1cnc2cc(N3CCN(C(=O)c4cc5n(n4)CCCO5)CC3)ccc2c1=O. The Morgan fingerprint density at radius 2 is 1.90 bits per heavy atom. The van der Waals surface area contributed by atoms with Gasteiger partial charge in [0.25, 0.3) is 11.5 Å². The van der Waals surface area contributed by atoms with Crippen LogP contribution in [-0.2, 0) is 6.54 Å². The number of hydrogen-bond acceptors (Lipinski definition) is 6. The summed E-state index contributed by atoms with van der Waals surface area (Å²) in [6.07, 6.45) is 2.52. The van der Waals surface area contributed by atoms with E-state index < -0.39 is 0 Å². The minimum Gasteiger partial charge on any atom is -0.478 e. The average Bonchev–Trinajstić information content (AvgIpc) is 3.23. The second kappa shape index (κ2) is 7.72. The number of rotatable bonds is 3. The fraction of sp³-hybridized carbons (Fsp3) is 0.455. The van der Waals surface area contributed by atoms with Crippen LogP contribution in [0.15, 0.2) is 35.4 Å². The largest absolute Gasteiger partial charge is 0.478 e. The smallest absolute Gasteiger partial charge is 0.274 e. The first-order valence-electron chi connectivity index (χ1n) is 10.8. The number of amides is 1. The third kappa shape index (κ3) is 3.54. The molecule has 2 aliphatic heterocycles. The van der Waals surface area contributed by atoms with Crippen molar-refractivity contribution < 1.29 is 9.53 Å². The van der Waals surface area contributed by atoms with Gasteiger partial charge in [-0.2, -0.15) is 5.10 Å². The lowest BCUT2D eigenvalue weighted by Gasteiger charge is -2.35. The lowest BCUT2D eigenvalue weighted by molar-refractivity contribution is 0.0740. The maximum absolute atomic E-state index is 12.9. The van der Waals surface area contributed by atoms with E-state index in [1.54, 1.807) is 21.6 Å². The Labute approximate surface area is 179 Å². The second-order valence-corrected chi connectivity index (χ2v) is 8.32. The van der Waals surface area contributed by atoms with Crippen LogP contribution in [0.1, 0.15) is 36.8 Å². The van der Waals surface area contributed by atoms with Crippen LogP contribution in [-0.4, -0.2) is 62.9 Å². The molecule has 2 aliphatic rings. The molecule has 0 atom stereocenters. The first kappa shape index (κ1) is 19.6. The van der Waals surface area contributed by atoms with Gasteiger partial charge in [0, 0.05) is 56.9 Å². The van der Waals surface area contributed by atoms with Crippen molar-refractivity contribution in [2.24, 2.45) is 0 Å². The van der Waals surface area contributed by atoms with Crippen LogP contribution < -0.4 is 15.2 Å². The van der Waals surface area contributed by atoms with Gasteiger partial charge in [-0.25, -0.2) is 9.67 Å². The van der Waals surface area contributed by atoms with Crippen molar-refractivity contribution in [1.82, 2.24) is 24.2 Å². The molecule has 1 amide bonds. The average molecular weight is 422 g/mol.